The molecule has 0 aliphatic heterocycles. The van der Waals surface area contributed by atoms with Gasteiger partial charge in [-0.15, -0.1) is 0 Å². The van der Waals surface area contributed by atoms with Crippen molar-refractivity contribution in [3.05, 3.63) is 48.1 Å². The number of allylic oxidation sites excluding steroid dienone is 6. The zero-order valence-corrected chi connectivity index (χ0v) is 8.35. The van der Waals surface area contributed by atoms with Gasteiger partial charge in [-0.1, -0.05) is 37.0 Å². The SMILES string of the molecule is C=CC(=C/C)/C(C)=C\C(=C)C.N. The average Bonchev–Trinajstić information content (AvgIpc) is 1.88. The Labute approximate surface area is 75.8 Å². The lowest BCUT2D eigenvalue weighted by atomic mass is 10.1. The molecule has 0 amide bonds. The maximum absolute atomic E-state index is 3.81. The second-order valence-electron chi connectivity index (χ2n) is 2.62. The summed E-state index contributed by atoms with van der Waals surface area (Å²) in [6, 6.07) is 0. The van der Waals surface area contributed by atoms with E-state index in [0.29, 0.717) is 0 Å². The molecule has 0 aliphatic rings. The van der Waals surface area contributed by atoms with E-state index in [9.17, 15) is 0 Å². The van der Waals surface area contributed by atoms with E-state index in [4.69, 9.17) is 0 Å². The Morgan fingerprint density at radius 2 is 1.75 bits per heavy atom. The Balaban J connectivity index is 0. The van der Waals surface area contributed by atoms with E-state index >= 15 is 0 Å². The highest BCUT2D eigenvalue weighted by Gasteiger charge is 1.91. The maximum Gasteiger partial charge on any atom is -0.0276 e. The molecule has 0 rings (SSSR count). The van der Waals surface area contributed by atoms with Crippen LogP contribution in [-0.4, -0.2) is 0 Å². The summed E-state index contributed by atoms with van der Waals surface area (Å²) >= 11 is 0. The molecule has 0 fully saturated rings. The highest BCUT2D eigenvalue weighted by atomic mass is 14.0. The normalized spacial score (nSPS) is 11.9. The van der Waals surface area contributed by atoms with Crippen molar-refractivity contribution in [2.24, 2.45) is 0 Å². The van der Waals surface area contributed by atoms with Gasteiger partial charge in [0, 0.05) is 0 Å². The fraction of sp³-hybridized carbons (Fsp3) is 0.273. The van der Waals surface area contributed by atoms with Crippen LogP contribution >= 0.6 is 0 Å². The molecule has 12 heavy (non-hydrogen) atoms. The van der Waals surface area contributed by atoms with Crippen LogP contribution in [-0.2, 0) is 0 Å². The quantitative estimate of drug-likeness (QED) is 0.634. The highest BCUT2D eigenvalue weighted by molar-refractivity contribution is 5.40. The van der Waals surface area contributed by atoms with Gasteiger partial charge in [-0.3, -0.25) is 0 Å². The molecule has 0 radical (unpaired) electrons. The molecule has 3 N–H and O–H groups in total. The standard InChI is InChI=1S/C11H16.H3N/c1-6-11(7-2)10(5)8-9(3)4;/h6-8H,1,3H2,2,4-5H3;1H3/b10-8-,11-7-;. The van der Waals surface area contributed by atoms with Gasteiger partial charge in [0.1, 0.15) is 0 Å². The lowest BCUT2D eigenvalue weighted by molar-refractivity contribution is 1.37. The van der Waals surface area contributed by atoms with Crippen LogP contribution in [0.1, 0.15) is 20.8 Å². The summed E-state index contributed by atoms with van der Waals surface area (Å²) in [7, 11) is 0. The van der Waals surface area contributed by atoms with Crippen LogP contribution in [0.5, 0.6) is 0 Å². The lowest BCUT2D eigenvalue weighted by Crippen LogP contribution is -1.80. The molecule has 0 aromatic carbocycles. The maximum atomic E-state index is 3.81. The van der Waals surface area contributed by atoms with Crippen LogP contribution in [0.25, 0.3) is 0 Å². The molecular formula is C11H19N. The molecule has 0 saturated carbocycles. The van der Waals surface area contributed by atoms with E-state index in [1.54, 1.807) is 0 Å². The van der Waals surface area contributed by atoms with Crippen molar-refractivity contribution in [3.63, 3.8) is 0 Å². The molecule has 1 heteroatoms. The van der Waals surface area contributed by atoms with Gasteiger partial charge in [0.05, 0.1) is 0 Å². The molecule has 0 unspecified atom stereocenters. The zero-order chi connectivity index (χ0) is 8.85. The minimum Gasteiger partial charge on any atom is -0.344 e. The van der Waals surface area contributed by atoms with Crippen molar-refractivity contribution in [2.45, 2.75) is 20.8 Å². The highest BCUT2D eigenvalue weighted by Crippen LogP contribution is 2.11. The van der Waals surface area contributed by atoms with E-state index in [0.717, 1.165) is 5.57 Å². The monoisotopic (exact) mass is 165 g/mol. The van der Waals surface area contributed by atoms with Gasteiger partial charge in [0.2, 0.25) is 0 Å². The van der Waals surface area contributed by atoms with Gasteiger partial charge in [-0.25, -0.2) is 0 Å². The van der Waals surface area contributed by atoms with Crippen LogP contribution in [0.4, 0.5) is 0 Å². The Bertz CT molecular complexity index is 219. The van der Waals surface area contributed by atoms with Crippen LogP contribution in [0.2, 0.25) is 0 Å². The molecule has 0 heterocycles. The van der Waals surface area contributed by atoms with Crippen LogP contribution in [0, 0.1) is 0 Å². The van der Waals surface area contributed by atoms with Crippen molar-refractivity contribution in [3.8, 4) is 0 Å². The second-order valence-corrected chi connectivity index (χ2v) is 2.62. The molecule has 0 spiro atoms. The number of hydrogen-bond acceptors (Lipinski definition) is 1. The summed E-state index contributed by atoms with van der Waals surface area (Å²) in [5.74, 6) is 0. The Morgan fingerprint density at radius 1 is 1.25 bits per heavy atom. The third kappa shape index (κ3) is 4.69. The van der Waals surface area contributed by atoms with E-state index in [1.807, 2.05) is 26.0 Å². The molecule has 0 aliphatic carbocycles. The number of hydrogen-bond donors (Lipinski definition) is 1. The molecular weight excluding hydrogens is 146 g/mol. The van der Waals surface area contributed by atoms with Crippen molar-refractivity contribution in [1.29, 1.82) is 0 Å². The second kappa shape index (κ2) is 6.62. The molecule has 0 aromatic rings. The first kappa shape index (κ1) is 13.5. The smallest absolute Gasteiger partial charge is 0.0276 e. The van der Waals surface area contributed by atoms with E-state index in [2.05, 4.69) is 26.2 Å². The van der Waals surface area contributed by atoms with Crippen molar-refractivity contribution in [1.82, 2.24) is 6.15 Å². The number of rotatable bonds is 3. The van der Waals surface area contributed by atoms with Crippen LogP contribution in [0.3, 0.4) is 0 Å². The van der Waals surface area contributed by atoms with Crippen molar-refractivity contribution < 1.29 is 0 Å². The van der Waals surface area contributed by atoms with Gasteiger partial charge >= 0.3 is 0 Å². The lowest BCUT2D eigenvalue weighted by Gasteiger charge is -2.00. The van der Waals surface area contributed by atoms with E-state index in [1.165, 1.54) is 11.1 Å². The van der Waals surface area contributed by atoms with Gasteiger partial charge < -0.3 is 6.15 Å². The summed E-state index contributed by atoms with van der Waals surface area (Å²) in [4.78, 5) is 0. The fourth-order valence-corrected chi connectivity index (χ4v) is 0.959. The first-order valence-corrected chi connectivity index (χ1v) is 3.74. The summed E-state index contributed by atoms with van der Waals surface area (Å²) in [5.41, 5.74) is 3.46. The predicted octanol–water partition coefficient (Wildman–Crippen LogP) is 3.80. The van der Waals surface area contributed by atoms with E-state index < -0.39 is 0 Å². The Morgan fingerprint density at radius 3 is 2.00 bits per heavy atom. The van der Waals surface area contributed by atoms with Gasteiger partial charge in [-0.2, -0.15) is 0 Å². The van der Waals surface area contributed by atoms with Gasteiger partial charge in [0.25, 0.3) is 0 Å². The molecule has 68 valence electrons. The minimum atomic E-state index is 0. The molecule has 0 aromatic heterocycles. The van der Waals surface area contributed by atoms with Crippen molar-refractivity contribution >= 4 is 0 Å². The van der Waals surface area contributed by atoms with Crippen LogP contribution in [0.15, 0.2) is 48.1 Å². The minimum absolute atomic E-state index is 0. The summed E-state index contributed by atoms with van der Waals surface area (Å²) in [6.07, 6.45) is 5.95. The Kier molecular flexibility index (Phi) is 7.45. The first-order valence-electron chi connectivity index (χ1n) is 3.74. The summed E-state index contributed by atoms with van der Waals surface area (Å²) < 4.78 is 0. The third-order valence-electron chi connectivity index (χ3n) is 1.45. The molecule has 1 nitrogen and oxygen atoms in total. The van der Waals surface area contributed by atoms with E-state index in [-0.39, 0.29) is 6.15 Å². The average molecular weight is 165 g/mol. The van der Waals surface area contributed by atoms with Crippen molar-refractivity contribution in [2.75, 3.05) is 0 Å². The molecule has 0 saturated heterocycles. The fourth-order valence-electron chi connectivity index (χ4n) is 0.959. The largest absolute Gasteiger partial charge is 0.344 e. The zero-order valence-electron chi connectivity index (χ0n) is 8.35. The molecule has 0 bridgehead atoms. The third-order valence-corrected chi connectivity index (χ3v) is 1.45. The summed E-state index contributed by atoms with van der Waals surface area (Å²) in [6.45, 7) is 13.6. The topological polar surface area (TPSA) is 35.0 Å². The van der Waals surface area contributed by atoms with Gasteiger partial charge in [-0.05, 0) is 31.9 Å². The predicted molar refractivity (Wildman–Crippen MR) is 57.5 cm³/mol. The summed E-state index contributed by atoms with van der Waals surface area (Å²) in [5, 5.41) is 0. The van der Waals surface area contributed by atoms with Gasteiger partial charge in [0.15, 0.2) is 0 Å². The first-order chi connectivity index (χ1) is 5.11. The molecule has 0 atom stereocenters. The van der Waals surface area contributed by atoms with Crippen LogP contribution < -0.4 is 6.15 Å². The Hall–Kier alpha value is -1.08.